The van der Waals surface area contributed by atoms with Crippen molar-refractivity contribution >= 4 is 52.2 Å². The number of ether oxygens (including phenoxy) is 2. The van der Waals surface area contributed by atoms with E-state index in [9.17, 15) is 0 Å². The zero-order valence-electron chi connectivity index (χ0n) is 17.9. The van der Waals surface area contributed by atoms with Crippen LogP contribution in [0.5, 0.6) is 11.5 Å². The lowest BCUT2D eigenvalue weighted by Crippen LogP contribution is -2.37. The number of nitrogens with two attached hydrogens (primary N) is 1. The van der Waals surface area contributed by atoms with E-state index < -0.39 is 0 Å². The summed E-state index contributed by atoms with van der Waals surface area (Å²) in [6, 6.07) is 8.70. The summed E-state index contributed by atoms with van der Waals surface area (Å²) in [6.07, 6.45) is 5.91. The minimum absolute atomic E-state index is 0.410. The average molecular weight is 478 g/mol. The number of halogens is 1. The molecule has 0 radical (unpaired) electrons. The molecule has 0 aliphatic carbocycles. The maximum absolute atomic E-state index is 6.48. The molecule has 0 unspecified atom stereocenters. The lowest BCUT2D eigenvalue weighted by molar-refractivity contribution is 0.122. The van der Waals surface area contributed by atoms with Crippen LogP contribution in [0.3, 0.4) is 0 Å². The smallest absolute Gasteiger partial charge is 0.226 e. The fraction of sp³-hybridized carbons (Fsp3) is 0.182. The molecule has 11 nitrogen and oxygen atoms in total. The van der Waals surface area contributed by atoms with Crippen LogP contribution >= 0.6 is 11.6 Å². The molecule has 0 atom stereocenters. The summed E-state index contributed by atoms with van der Waals surface area (Å²) in [5.74, 6) is 2.61. The molecule has 0 amide bonds. The quantitative estimate of drug-likeness (QED) is 0.313. The van der Waals surface area contributed by atoms with Gasteiger partial charge in [0.15, 0.2) is 11.6 Å². The number of fused-ring (bicyclic) bond motifs is 1. The van der Waals surface area contributed by atoms with Gasteiger partial charge in [-0.3, -0.25) is 0 Å². The van der Waals surface area contributed by atoms with Crippen molar-refractivity contribution in [2.75, 3.05) is 36.5 Å². The fourth-order valence-electron chi connectivity index (χ4n) is 3.39. The predicted octanol–water partition coefficient (Wildman–Crippen LogP) is 3.46. The topological polar surface area (TPSA) is 137 Å². The largest absolute Gasteiger partial charge is 0.456 e. The van der Waals surface area contributed by atoms with Crippen molar-refractivity contribution in [1.82, 2.24) is 24.9 Å². The summed E-state index contributed by atoms with van der Waals surface area (Å²) in [4.78, 5) is 27.9. The van der Waals surface area contributed by atoms with Crippen LogP contribution in [-0.4, -0.2) is 57.6 Å². The van der Waals surface area contributed by atoms with E-state index in [1.54, 1.807) is 36.7 Å². The molecular formula is C22H20ClN9O2. The number of nitrogens with zero attached hydrogens (tertiary/aromatic N) is 7. The van der Waals surface area contributed by atoms with Crippen molar-refractivity contribution < 1.29 is 9.47 Å². The van der Waals surface area contributed by atoms with Gasteiger partial charge in [0, 0.05) is 31.0 Å². The number of benzene rings is 1. The molecule has 3 aromatic heterocycles. The number of rotatable bonds is 6. The summed E-state index contributed by atoms with van der Waals surface area (Å²) < 4.78 is 11.3. The van der Waals surface area contributed by atoms with Gasteiger partial charge in [0.1, 0.15) is 28.9 Å². The van der Waals surface area contributed by atoms with E-state index in [1.165, 1.54) is 12.7 Å². The minimum atomic E-state index is 0.410. The third kappa shape index (κ3) is 4.80. The van der Waals surface area contributed by atoms with Gasteiger partial charge in [0.25, 0.3) is 0 Å². The Morgan fingerprint density at radius 2 is 2.00 bits per heavy atom. The van der Waals surface area contributed by atoms with Crippen LogP contribution in [0.1, 0.15) is 0 Å². The Balaban J connectivity index is 1.38. The number of pyridine rings is 1. The third-order valence-electron chi connectivity index (χ3n) is 5.00. The summed E-state index contributed by atoms with van der Waals surface area (Å²) in [5.41, 5.74) is 7.28. The van der Waals surface area contributed by atoms with Crippen LogP contribution in [0.2, 0.25) is 5.02 Å². The van der Waals surface area contributed by atoms with Gasteiger partial charge in [-0.05, 0) is 24.3 Å². The Labute approximate surface area is 199 Å². The number of aromatic nitrogens is 5. The molecule has 0 bridgehead atoms. The summed E-state index contributed by atoms with van der Waals surface area (Å²) in [7, 11) is 0. The number of morpholine rings is 1. The first-order chi connectivity index (χ1) is 16.7. The molecule has 1 aliphatic rings. The molecule has 1 saturated heterocycles. The molecule has 3 N–H and O–H groups in total. The first kappa shape index (κ1) is 21.7. The molecule has 0 spiro atoms. The molecule has 12 heteroatoms. The molecule has 5 rings (SSSR count). The molecule has 34 heavy (non-hydrogen) atoms. The van der Waals surface area contributed by atoms with E-state index in [1.807, 2.05) is 6.07 Å². The molecular weight excluding hydrogens is 458 g/mol. The summed E-state index contributed by atoms with van der Waals surface area (Å²) >= 11 is 6.48. The number of nitrogens with one attached hydrogen (secondary N) is 1. The standard InChI is InChI=1S/C22H20ClN9O2/c23-16-9-14(1-2-18(16)34-15-3-4-25-19(10-15)27-12-24)30-21-20-17(28-13-29-21)11-26-22(31-20)32-5-7-33-8-6-32/h1-4,9-13H,5-8H2,(H2,24,25,27)(H,28,29,30). The van der Waals surface area contributed by atoms with Gasteiger partial charge in [0.2, 0.25) is 5.95 Å². The number of anilines is 3. The van der Waals surface area contributed by atoms with E-state index in [0.717, 1.165) is 13.1 Å². The Morgan fingerprint density at radius 3 is 2.82 bits per heavy atom. The van der Waals surface area contributed by atoms with Gasteiger partial charge in [-0.25, -0.2) is 29.9 Å². The van der Waals surface area contributed by atoms with Crippen molar-refractivity contribution in [3.63, 3.8) is 0 Å². The molecule has 0 saturated carbocycles. The number of hydrogen-bond acceptors (Lipinski definition) is 10. The van der Waals surface area contributed by atoms with Crippen LogP contribution in [0.25, 0.3) is 11.0 Å². The van der Waals surface area contributed by atoms with Gasteiger partial charge >= 0.3 is 0 Å². The van der Waals surface area contributed by atoms with Crippen molar-refractivity contribution in [3.8, 4) is 11.5 Å². The highest BCUT2D eigenvalue weighted by molar-refractivity contribution is 6.32. The van der Waals surface area contributed by atoms with Crippen molar-refractivity contribution in [1.29, 1.82) is 0 Å². The second kappa shape index (κ2) is 9.81. The minimum Gasteiger partial charge on any atom is -0.456 e. The monoisotopic (exact) mass is 477 g/mol. The number of aliphatic imine (C=N–C) groups is 1. The van der Waals surface area contributed by atoms with E-state index in [-0.39, 0.29) is 0 Å². The Morgan fingerprint density at radius 1 is 1.12 bits per heavy atom. The predicted molar refractivity (Wildman–Crippen MR) is 130 cm³/mol. The fourth-order valence-corrected chi connectivity index (χ4v) is 3.61. The van der Waals surface area contributed by atoms with Crippen LogP contribution in [0.4, 0.5) is 23.3 Å². The molecule has 4 heterocycles. The Bertz CT molecular complexity index is 1350. The Hall–Kier alpha value is -4.09. The normalized spacial score (nSPS) is 14.0. The van der Waals surface area contributed by atoms with E-state index >= 15 is 0 Å². The second-order valence-corrected chi connectivity index (χ2v) is 7.63. The van der Waals surface area contributed by atoms with Crippen LogP contribution < -0.4 is 20.7 Å². The van der Waals surface area contributed by atoms with Gasteiger partial charge in [-0.15, -0.1) is 0 Å². The van der Waals surface area contributed by atoms with E-state index in [0.29, 0.717) is 64.0 Å². The van der Waals surface area contributed by atoms with Crippen molar-refractivity contribution in [2.45, 2.75) is 0 Å². The highest BCUT2D eigenvalue weighted by Gasteiger charge is 2.16. The van der Waals surface area contributed by atoms with E-state index in [4.69, 9.17) is 31.8 Å². The Kier molecular flexibility index (Phi) is 6.27. The van der Waals surface area contributed by atoms with Gasteiger partial charge < -0.3 is 25.4 Å². The van der Waals surface area contributed by atoms with Crippen molar-refractivity contribution in [3.05, 3.63) is 54.1 Å². The van der Waals surface area contributed by atoms with Gasteiger partial charge in [0.05, 0.1) is 30.8 Å². The third-order valence-corrected chi connectivity index (χ3v) is 5.30. The molecule has 4 aromatic rings. The molecule has 172 valence electrons. The average Bonchev–Trinajstić information content (AvgIpc) is 2.87. The SMILES string of the molecule is NC=Nc1cc(Oc2ccc(Nc3ncnc4cnc(N5CCOCC5)nc34)cc2Cl)ccn1. The van der Waals surface area contributed by atoms with Crippen molar-refractivity contribution in [2.24, 2.45) is 10.7 Å². The highest BCUT2D eigenvalue weighted by atomic mass is 35.5. The maximum atomic E-state index is 6.48. The maximum Gasteiger partial charge on any atom is 0.226 e. The number of hydrogen-bond donors (Lipinski definition) is 2. The second-order valence-electron chi connectivity index (χ2n) is 7.23. The van der Waals surface area contributed by atoms with Gasteiger partial charge in [-0.1, -0.05) is 11.6 Å². The molecule has 1 aliphatic heterocycles. The first-order valence-corrected chi connectivity index (χ1v) is 10.8. The molecule has 1 fully saturated rings. The van der Waals surface area contributed by atoms with Crippen LogP contribution in [-0.2, 0) is 4.74 Å². The van der Waals surface area contributed by atoms with E-state index in [2.05, 4.69) is 35.1 Å². The van der Waals surface area contributed by atoms with Crippen LogP contribution in [0, 0.1) is 0 Å². The van der Waals surface area contributed by atoms with Crippen LogP contribution in [0.15, 0.2) is 54.0 Å². The lowest BCUT2D eigenvalue weighted by Gasteiger charge is -2.26. The lowest BCUT2D eigenvalue weighted by atomic mass is 10.3. The first-order valence-electron chi connectivity index (χ1n) is 10.4. The van der Waals surface area contributed by atoms with Gasteiger partial charge in [-0.2, -0.15) is 0 Å². The zero-order chi connectivity index (χ0) is 23.3. The highest BCUT2D eigenvalue weighted by Crippen LogP contribution is 2.33. The molecule has 1 aromatic carbocycles. The summed E-state index contributed by atoms with van der Waals surface area (Å²) in [6.45, 7) is 2.75. The summed E-state index contributed by atoms with van der Waals surface area (Å²) in [5, 5.41) is 3.68. The zero-order valence-corrected chi connectivity index (χ0v) is 18.7.